The van der Waals surface area contributed by atoms with E-state index in [1.165, 1.54) is 28.0 Å². The smallest absolute Gasteiger partial charge is 0.273 e. The van der Waals surface area contributed by atoms with Gasteiger partial charge in [-0.25, -0.2) is 17.2 Å². The van der Waals surface area contributed by atoms with Crippen molar-refractivity contribution in [3.63, 3.8) is 0 Å². The van der Waals surface area contributed by atoms with E-state index in [2.05, 4.69) is 9.98 Å². The fourth-order valence-electron chi connectivity index (χ4n) is 4.14. The molecule has 5 rings (SSSR count). The SMILES string of the molecule is CN(c1cccc2cc(C3=NCC(CC(=O)N4CCC(F)(F)C4)S3)[nH]c12)S(=O)(=O)c1cccs1. The zero-order chi connectivity index (χ0) is 24.1. The van der Waals surface area contributed by atoms with Gasteiger partial charge in [-0.3, -0.25) is 14.1 Å². The molecular formula is C22H22F2N4O3S3. The van der Waals surface area contributed by atoms with Crippen molar-refractivity contribution in [3.8, 4) is 0 Å². The number of benzene rings is 1. The summed E-state index contributed by atoms with van der Waals surface area (Å²) in [6.45, 7) is -0.00188. The third-order valence-corrected chi connectivity index (χ3v) is 10.3. The Bertz CT molecular complexity index is 1370. The minimum atomic E-state index is -3.69. The number of amides is 1. The minimum Gasteiger partial charge on any atom is -0.351 e. The molecule has 1 fully saturated rings. The number of aromatic amines is 1. The second-order valence-corrected chi connectivity index (χ2v) is 12.8. The Morgan fingerprint density at radius 2 is 2.15 bits per heavy atom. The Hall–Kier alpha value is -2.44. The zero-order valence-corrected chi connectivity index (χ0v) is 20.7. The van der Waals surface area contributed by atoms with Crippen molar-refractivity contribution < 1.29 is 22.0 Å². The molecule has 2 aromatic heterocycles. The number of nitrogens with one attached hydrogen (secondary N) is 1. The van der Waals surface area contributed by atoms with Crippen LogP contribution in [0.5, 0.6) is 0 Å². The van der Waals surface area contributed by atoms with Gasteiger partial charge in [-0.1, -0.05) is 30.0 Å². The Morgan fingerprint density at radius 1 is 1.32 bits per heavy atom. The number of carbonyl (C=O) groups is 1. The summed E-state index contributed by atoms with van der Waals surface area (Å²) in [5, 5.41) is 3.16. The summed E-state index contributed by atoms with van der Waals surface area (Å²) < 4.78 is 54.4. The van der Waals surface area contributed by atoms with Crippen molar-refractivity contribution >= 4 is 60.7 Å². The second-order valence-electron chi connectivity index (χ2n) is 8.34. The summed E-state index contributed by atoms with van der Waals surface area (Å²) in [4.78, 5) is 21.5. The van der Waals surface area contributed by atoms with E-state index in [1.807, 2.05) is 12.1 Å². The molecule has 4 heterocycles. The number of nitrogens with zero attached hydrogens (tertiary/aromatic N) is 3. The van der Waals surface area contributed by atoms with Crippen LogP contribution in [0.4, 0.5) is 14.5 Å². The number of alkyl halides is 2. The predicted octanol–water partition coefficient (Wildman–Crippen LogP) is 4.17. The summed E-state index contributed by atoms with van der Waals surface area (Å²) in [5.74, 6) is -3.07. The molecule has 2 aliphatic rings. The van der Waals surface area contributed by atoms with Crippen molar-refractivity contribution in [2.75, 3.05) is 31.0 Å². The van der Waals surface area contributed by atoms with Gasteiger partial charge < -0.3 is 9.88 Å². The maximum Gasteiger partial charge on any atom is 0.273 e. The number of carbonyl (C=O) groups excluding carboxylic acids is 1. The molecular weight excluding hydrogens is 502 g/mol. The molecule has 0 aliphatic carbocycles. The van der Waals surface area contributed by atoms with Crippen LogP contribution in [0.25, 0.3) is 10.9 Å². The first-order valence-electron chi connectivity index (χ1n) is 10.7. The molecule has 12 heteroatoms. The molecule has 0 spiro atoms. The molecule has 34 heavy (non-hydrogen) atoms. The number of para-hydroxylation sites is 1. The van der Waals surface area contributed by atoms with Gasteiger partial charge in [0.2, 0.25) is 5.91 Å². The fourth-order valence-corrected chi connectivity index (χ4v) is 7.58. The third kappa shape index (κ3) is 4.34. The zero-order valence-electron chi connectivity index (χ0n) is 18.2. The number of aromatic nitrogens is 1. The van der Waals surface area contributed by atoms with Gasteiger partial charge >= 0.3 is 0 Å². The number of hydrogen-bond donors (Lipinski definition) is 1. The van der Waals surface area contributed by atoms with Crippen LogP contribution in [0.1, 0.15) is 18.5 Å². The van der Waals surface area contributed by atoms with Crippen LogP contribution in [-0.2, 0) is 14.8 Å². The standard InChI is InChI=1S/C22H22F2N4O3S3/c1-27(34(30,31)19-6-3-9-32-19)17-5-2-4-14-10-16(26-20(14)17)21-25-12-15(33-21)11-18(29)28-8-7-22(23,24)13-28/h2-6,9-10,15,26H,7-8,11-13H2,1H3. The highest BCUT2D eigenvalue weighted by Gasteiger charge is 2.40. The van der Waals surface area contributed by atoms with Gasteiger partial charge in [0, 0.05) is 37.1 Å². The van der Waals surface area contributed by atoms with E-state index in [-0.39, 0.29) is 34.8 Å². The first-order valence-corrected chi connectivity index (χ1v) is 13.9. The summed E-state index contributed by atoms with van der Waals surface area (Å²) in [5.41, 5.74) is 1.92. The number of rotatable bonds is 6. The molecule has 0 saturated carbocycles. The summed E-state index contributed by atoms with van der Waals surface area (Å²) in [7, 11) is -2.16. The Labute approximate surface area is 203 Å². The van der Waals surface area contributed by atoms with Crippen molar-refractivity contribution in [2.45, 2.75) is 28.2 Å². The number of thiophene rings is 1. The molecule has 7 nitrogen and oxygen atoms in total. The average molecular weight is 525 g/mol. The fraction of sp³-hybridized carbons (Fsp3) is 0.364. The lowest BCUT2D eigenvalue weighted by Gasteiger charge is -2.19. The highest BCUT2D eigenvalue weighted by Crippen LogP contribution is 2.35. The van der Waals surface area contributed by atoms with E-state index in [9.17, 15) is 22.0 Å². The van der Waals surface area contributed by atoms with Gasteiger partial charge in [0.05, 0.1) is 30.0 Å². The van der Waals surface area contributed by atoms with E-state index in [1.54, 1.807) is 29.6 Å². The third-order valence-electron chi connectivity index (χ3n) is 5.96. The molecule has 1 aromatic carbocycles. The van der Waals surface area contributed by atoms with Crippen molar-refractivity contribution in [3.05, 3.63) is 47.5 Å². The number of sulfonamides is 1. The van der Waals surface area contributed by atoms with Crippen LogP contribution in [-0.4, -0.2) is 67.1 Å². The first kappa shape index (κ1) is 23.3. The molecule has 1 amide bonds. The topological polar surface area (TPSA) is 85.8 Å². The molecule has 0 bridgehead atoms. The predicted molar refractivity (Wildman–Crippen MR) is 132 cm³/mol. The van der Waals surface area contributed by atoms with Crippen LogP contribution in [0.15, 0.2) is 51.0 Å². The second kappa shape index (κ2) is 8.65. The van der Waals surface area contributed by atoms with E-state index in [0.29, 0.717) is 17.7 Å². The van der Waals surface area contributed by atoms with Crippen molar-refractivity contribution in [1.29, 1.82) is 0 Å². The highest BCUT2D eigenvalue weighted by molar-refractivity contribution is 8.15. The molecule has 180 valence electrons. The average Bonchev–Trinajstić information content (AvgIpc) is 3.57. The largest absolute Gasteiger partial charge is 0.351 e. The van der Waals surface area contributed by atoms with E-state index >= 15 is 0 Å². The maximum absolute atomic E-state index is 13.4. The molecule has 1 unspecified atom stereocenters. The van der Waals surface area contributed by atoms with Crippen LogP contribution >= 0.6 is 23.1 Å². The van der Waals surface area contributed by atoms with Gasteiger partial charge in [0.15, 0.2) is 0 Å². The van der Waals surface area contributed by atoms with Gasteiger partial charge in [-0.2, -0.15) is 0 Å². The maximum atomic E-state index is 13.4. The quantitative estimate of drug-likeness (QED) is 0.524. The number of H-pyrrole nitrogens is 1. The molecule has 3 aromatic rings. The number of hydrogen-bond acceptors (Lipinski definition) is 6. The normalized spacial score (nSPS) is 20.1. The van der Waals surface area contributed by atoms with Crippen LogP contribution < -0.4 is 4.31 Å². The molecule has 1 saturated heterocycles. The summed E-state index contributed by atoms with van der Waals surface area (Å²) in [6.07, 6.45) is -0.132. The van der Waals surface area contributed by atoms with E-state index in [0.717, 1.165) is 27.5 Å². The lowest BCUT2D eigenvalue weighted by Crippen LogP contribution is -2.33. The summed E-state index contributed by atoms with van der Waals surface area (Å²) in [6, 6.07) is 10.6. The number of halogens is 2. The number of thioether (sulfide) groups is 1. The Kier molecular flexibility index (Phi) is 5.93. The molecule has 0 radical (unpaired) electrons. The van der Waals surface area contributed by atoms with Crippen molar-refractivity contribution in [1.82, 2.24) is 9.88 Å². The van der Waals surface area contributed by atoms with Gasteiger partial charge in [-0.05, 0) is 23.6 Å². The number of fused-ring (bicyclic) bond motifs is 1. The van der Waals surface area contributed by atoms with Gasteiger partial charge in [0.25, 0.3) is 15.9 Å². The number of anilines is 1. The van der Waals surface area contributed by atoms with E-state index < -0.39 is 22.5 Å². The molecule has 1 N–H and O–H groups in total. The number of likely N-dealkylation sites (tertiary alicyclic amines) is 1. The van der Waals surface area contributed by atoms with Crippen LogP contribution in [0, 0.1) is 0 Å². The monoisotopic (exact) mass is 524 g/mol. The van der Waals surface area contributed by atoms with Crippen LogP contribution in [0.3, 0.4) is 0 Å². The van der Waals surface area contributed by atoms with Crippen LogP contribution in [0.2, 0.25) is 0 Å². The minimum absolute atomic E-state index is 0.0869. The lowest BCUT2D eigenvalue weighted by atomic mass is 10.2. The molecule has 1 atom stereocenters. The molecule has 2 aliphatic heterocycles. The van der Waals surface area contributed by atoms with Gasteiger partial charge in [-0.15, -0.1) is 11.3 Å². The number of aliphatic imine (C=N–C) groups is 1. The summed E-state index contributed by atoms with van der Waals surface area (Å²) >= 11 is 2.60. The highest BCUT2D eigenvalue weighted by atomic mass is 32.2. The van der Waals surface area contributed by atoms with Gasteiger partial charge in [0.1, 0.15) is 9.25 Å². The lowest BCUT2D eigenvalue weighted by molar-refractivity contribution is -0.131. The Balaban J connectivity index is 1.32. The first-order chi connectivity index (χ1) is 16.1. The van der Waals surface area contributed by atoms with Crippen molar-refractivity contribution in [2.24, 2.45) is 4.99 Å². The van der Waals surface area contributed by atoms with E-state index in [4.69, 9.17) is 0 Å². The Morgan fingerprint density at radius 3 is 2.85 bits per heavy atom.